The minimum Gasteiger partial charge on any atom is -0.483 e. The summed E-state index contributed by atoms with van der Waals surface area (Å²) in [5.41, 5.74) is 0.932. The van der Waals surface area contributed by atoms with Crippen molar-refractivity contribution in [2.45, 2.75) is 39.2 Å². The molecule has 2 atom stereocenters. The van der Waals surface area contributed by atoms with Gasteiger partial charge in [-0.1, -0.05) is 32.0 Å². The SMILES string of the molecule is CCC(NC(=O)C(C)C1CNC1)c1ccccc1OCC(=O)N1CCCC1.Cl. The lowest BCUT2D eigenvalue weighted by Crippen LogP contribution is -2.50. The summed E-state index contributed by atoms with van der Waals surface area (Å²) < 4.78 is 5.86. The molecular formula is C21H32ClN3O3. The van der Waals surface area contributed by atoms with Crippen molar-refractivity contribution < 1.29 is 14.3 Å². The molecule has 7 heteroatoms. The number of para-hydroxylation sites is 1. The van der Waals surface area contributed by atoms with E-state index in [1.165, 1.54) is 0 Å². The van der Waals surface area contributed by atoms with Gasteiger partial charge in [-0.15, -0.1) is 12.4 Å². The number of amides is 2. The third kappa shape index (κ3) is 5.39. The Bertz CT molecular complexity index is 660. The summed E-state index contributed by atoms with van der Waals surface area (Å²) in [5, 5.41) is 6.39. The number of ether oxygens (including phenoxy) is 1. The van der Waals surface area contributed by atoms with E-state index in [1.54, 1.807) is 0 Å². The van der Waals surface area contributed by atoms with E-state index in [9.17, 15) is 9.59 Å². The van der Waals surface area contributed by atoms with E-state index in [4.69, 9.17) is 4.74 Å². The number of hydrogen-bond acceptors (Lipinski definition) is 4. The lowest BCUT2D eigenvalue weighted by Gasteiger charge is -2.33. The number of halogens is 1. The van der Waals surface area contributed by atoms with Gasteiger partial charge in [-0.25, -0.2) is 0 Å². The van der Waals surface area contributed by atoms with E-state index in [2.05, 4.69) is 10.6 Å². The quantitative estimate of drug-likeness (QED) is 0.692. The van der Waals surface area contributed by atoms with Crippen LogP contribution in [0, 0.1) is 11.8 Å². The molecule has 1 aromatic carbocycles. The molecule has 6 nitrogen and oxygen atoms in total. The Morgan fingerprint density at radius 1 is 1.25 bits per heavy atom. The Morgan fingerprint density at radius 3 is 2.54 bits per heavy atom. The summed E-state index contributed by atoms with van der Waals surface area (Å²) in [6, 6.07) is 7.57. The average molecular weight is 410 g/mol. The maximum atomic E-state index is 12.6. The number of rotatable bonds is 8. The van der Waals surface area contributed by atoms with Crippen LogP contribution in [0.1, 0.15) is 44.7 Å². The van der Waals surface area contributed by atoms with Gasteiger partial charge in [0.05, 0.1) is 6.04 Å². The van der Waals surface area contributed by atoms with Crippen molar-refractivity contribution in [1.82, 2.24) is 15.5 Å². The predicted octanol–water partition coefficient (Wildman–Crippen LogP) is 2.53. The van der Waals surface area contributed by atoms with E-state index in [1.807, 2.05) is 43.0 Å². The summed E-state index contributed by atoms with van der Waals surface area (Å²) in [5.74, 6) is 1.19. The van der Waals surface area contributed by atoms with Crippen LogP contribution in [0.25, 0.3) is 0 Å². The van der Waals surface area contributed by atoms with Crippen LogP contribution in [-0.4, -0.2) is 49.5 Å². The highest BCUT2D eigenvalue weighted by atomic mass is 35.5. The second kappa shape index (κ2) is 10.7. The molecule has 2 saturated heterocycles. The van der Waals surface area contributed by atoms with Gasteiger partial charge in [0.2, 0.25) is 5.91 Å². The van der Waals surface area contributed by atoms with Crippen molar-refractivity contribution in [3.8, 4) is 5.75 Å². The predicted molar refractivity (Wildman–Crippen MR) is 112 cm³/mol. The number of hydrogen-bond donors (Lipinski definition) is 2. The standard InChI is InChI=1S/C21H31N3O3.ClH/c1-3-18(23-21(26)15(2)16-12-22-13-16)17-8-4-5-9-19(17)27-14-20(25)24-10-6-7-11-24;/h4-5,8-9,15-16,18,22H,3,6-7,10-14H2,1-2H3,(H,23,26);1H. The lowest BCUT2D eigenvalue weighted by molar-refractivity contribution is -0.132. The van der Waals surface area contributed by atoms with Crippen molar-refractivity contribution >= 4 is 24.2 Å². The zero-order valence-corrected chi connectivity index (χ0v) is 17.6. The van der Waals surface area contributed by atoms with Crippen molar-refractivity contribution in [3.05, 3.63) is 29.8 Å². The Morgan fingerprint density at radius 2 is 1.93 bits per heavy atom. The number of nitrogens with zero attached hydrogens (tertiary/aromatic N) is 1. The van der Waals surface area contributed by atoms with E-state index < -0.39 is 0 Å². The first-order chi connectivity index (χ1) is 13.1. The van der Waals surface area contributed by atoms with Gasteiger partial charge in [0.1, 0.15) is 5.75 Å². The van der Waals surface area contributed by atoms with E-state index >= 15 is 0 Å². The van der Waals surface area contributed by atoms with Crippen LogP contribution in [0.5, 0.6) is 5.75 Å². The molecule has 2 aliphatic rings. The van der Waals surface area contributed by atoms with Crippen LogP contribution < -0.4 is 15.4 Å². The minimum atomic E-state index is -0.119. The van der Waals surface area contributed by atoms with Gasteiger partial charge in [-0.05, 0) is 44.3 Å². The summed E-state index contributed by atoms with van der Waals surface area (Å²) in [6.45, 7) is 7.55. The van der Waals surface area contributed by atoms with Gasteiger partial charge in [0, 0.05) is 24.6 Å². The van der Waals surface area contributed by atoms with Crippen molar-refractivity contribution in [2.75, 3.05) is 32.8 Å². The molecular weight excluding hydrogens is 378 g/mol. The third-order valence-corrected chi connectivity index (χ3v) is 5.76. The molecule has 2 amide bonds. The zero-order chi connectivity index (χ0) is 19.2. The molecule has 2 unspecified atom stereocenters. The van der Waals surface area contributed by atoms with E-state index in [0.717, 1.165) is 51.0 Å². The van der Waals surface area contributed by atoms with Crippen molar-refractivity contribution in [3.63, 3.8) is 0 Å². The molecule has 156 valence electrons. The fourth-order valence-corrected chi connectivity index (χ4v) is 3.68. The number of carbonyl (C=O) groups is 2. The van der Waals surface area contributed by atoms with Gasteiger partial charge < -0.3 is 20.3 Å². The molecule has 0 spiro atoms. The Labute approximate surface area is 173 Å². The van der Waals surface area contributed by atoms with E-state index in [0.29, 0.717) is 11.7 Å². The average Bonchev–Trinajstić information content (AvgIpc) is 3.17. The van der Waals surface area contributed by atoms with Crippen molar-refractivity contribution in [2.24, 2.45) is 11.8 Å². The highest BCUT2D eigenvalue weighted by Crippen LogP contribution is 2.28. The smallest absolute Gasteiger partial charge is 0.260 e. The third-order valence-electron chi connectivity index (χ3n) is 5.76. The molecule has 0 radical (unpaired) electrons. The first-order valence-corrected chi connectivity index (χ1v) is 10.1. The van der Waals surface area contributed by atoms with Crippen LogP contribution in [0.4, 0.5) is 0 Å². The second-order valence-corrected chi connectivity index (χ2v) is 7.59. The highest BCUT2D eigenvalue weighted by molar-refractivity contribution is 5.85. The maximum absolute atomic E-state index is 12.6. The fourth-order valence-electron chi connectivity index (χ4n) is 3.68. The molecule has 2 fully saturated rings. The molecule has 2 heterocycles. The summed E-state index contributed by atoms with van der Waals surface area (Å²) in [6.07, 6.45) is 2.91. The Kier molecular flexibility index (Phi) is 8.58. The molecule has 2 aliphatic heterocycles. The summed E-state index contributed by atoms with van der Waals surface area (Å²) in [4.78, 5) is 26.8. The van der Waals surface area contributed by atoms with Gasteiger partial charge in [-0.2, -0.15) is 0 Å². The van der Waals surface area contributed by atoms with Gasteiger partial charge in [0.15, 0.2) is 6.61 Å². The molecule has 0 aliphatic carbocycles. The molecule has 0 saturated carbocycles. The Balaban J connectivity index is 0.00000280. The molecule has 0 bridgehead atoms. The summed E-state index contributed by atoms with van der Waals surface area (Å²) >= 11 is 0. The number of carbonyl (C=O) groups excluding carboxylic acids is 2. The van der Waals surface area contributed by atoms with E-state index in [-0.39, 0.29) is 42.8 Å². The minimum absolute atomic E-state index is 0. The number of likely N-dealkylation sites (tertiary alicyclic amines) is 1. The molecule has 28 heavy (non-hydrogen) atoms. The monoisotopic (exact) mass is 409 g/mol. The van der Waals surface area contributed by atoms with Crippen LogP contribution in [0.3, 0.4) is 0 Å². The molecule has 1 aromatic rings. The van der Waals surface area contributed by atoms with Gasteiger partial charge >= 0.3 is 0 Å². The first kappa shape index (κ1) is 22.5. The Hall–Kier alpha value is -1.79. The van der Waals surface area contributed by atoms with Crippen LogP contribution in [0.15, 0.2) is 24.3 Å². The van der Waals surface area contributed by atoms with Crippen LogP contribution in [0.2, 0.25) is 0 Å². The molecule has 3 rings (SSSR count). The van der Waals surface area contributed by atoms with Crippen LogP contribution >= 0.6 is 12.4 Å². The van der Waals surface area contributed by atoms with Crippen molar-refractivity contribution in [1.29, 1.82) is 0 Å². The summed E-state index contributed by atoms with van der Waals surface area (Å²) in [7, 11) is 0. The van der Waals surface area contributed by atoms with Gasteiger partial charge in [-0.3, -0.25) is 9.59 Å². The molecule has 2 N–H and O–H groups in total. The van der Waals surface area contributed by atoms with Crippen LogP contribution in [-0.2, 0) is 9.59 Å². The normalized spacial score (nSPS) is 18.6. The fraction of sp³-hybridized carbons (Fsp3) is 0.619. The van der Waals surface area contributed by atoms with Gasteiger partial charge in [0.25, 0.3) is 5.91 Å². The maximum Gasteiger partial charge on any atom is 0.260 e. The number of benzene rings is 1. The second-order valence-electron chi connectivity index (χ2n) is 7.59. The first-order valence-electron chi connectivity index (χ1n) is 10.1. The topological polar surface area (TPSA) is 70.7 Å². The largest absolute Gasteiger partial charge is 0.483 e. The highest BCUT2D eigenvalue weighted by Gasteiger charge is 2.30. The zero-order valence-electron chi connectivity index (χ0n) is 16.8. The lowest BCUT2D eigenvalue weighted by atomic mass is 9.88. The number of nitrogens with one attached hydrogen (secondary N) is 2. The molecule has 0 aromatic heterocycles.